The fourth-order valence-corrected chi connectivity index (χ4v) is 3.26. The number of aromatic nitrogens is 1. The third-order valence-corrected chi connectivity index (χ3v) is 4.86. The molecule has 3 aromatic rings. The van der Waals surface area contributed by atoms with Gasteiger partial charge in [0, 0.05) is 24.5 Å². The Morgan fingerprint density at radius 3 is 2.32 bits per heavy atom. The highest BCUT2D eigenvalue weighted by molar-refractivity contribution is 6.05. The van der Waals surface area contributed by atoms with E-state index in [1.165, 1.54) is 5.56 Å². The number of rotatable bonds is 6. The number of anilines is 2. The van der Waals surface area contributed by atoms with Gasteiger partial charge in [-0.05, 0) is 50.5 Å². The van der Waals surface area contributed by atoms with Crippen LogP contribution < -0.4 is 10.2 Å². The van der Waals surface area contributed by atoms with Crippen LogP contribution in [0.2, 0.25) is 0 Å². The van der Waals surface area contributed by atoms with E-state index in [9.17, 15) is 4.79 Å². The molecule has 0 aliphatic heterocycles. The van der Waals surface area contributed by atoms with Gasteiger partial charge in [0.25, 0.3) is 5.91 Å². The summed E-state index contributed by atoms with van der Waals surface area (Å²) >= 11 is 0. The summed E-state index contributed by atoms with van der Waals surface area (Å²) in [6.45, 7) is 9.05. The molecule has 0 saturated heterocycles. The van der Waals surface area contributed by atoms with Gasteiger partial charge in [-0.3, -0.25) is 9.78 Å². The monoisotopic (exact) mass is 373 g/mol. The van der Waals surface area contributed by atoms with Gasteiger partial charge in [-0.1, -0.05) is 48.5 Å². The minimum absolute atomic E-state index is 0.143. The molecular weight excluding hydrogens is 346 g/mol. The number of hydrogen-bond donors (Lipinski definition) is 1. The average Bonchev–Trinajstić information content (AvgIpc) is 2.69. The minimum atomic E-state index is -0.143. The van der Waals surface area contributed by atoms with Crippen molar-refractivity contribution in [3.05, 3.63) is 89.2 Å². The molecule has 0 atom stereocenters. The molecule has 4 heteroatoms. The number of benzene rings is 2. The summed E-state index contributed by atoms with van der Waals surface area (Å²) in [6, 6.07) is 18.5. The maximum Gasteiger partial charge on any atom is 0.257 e. The van der Waals surface area contributed by atoms with Crippen molar-refractivity contribution in [2.24, 2.45) is 0 Å². The Labute approximate surface area is 167 Å². The van der Waals surface area contributed by atoms with Crippen LogP contribution in [0.25, 0.3) is 0 Å². The molecule has 0 radical (unpaired) electrons. The van der Waals surface area contributed by atoms with Crippen molar-refractivity contribution in [1.82, 2.24) is 4.98 Å². The van der Waals surface area contributed by atoms with Gasteiger partial charge < -0.3 is 10.2 Å². The number of nitrogens with zero attached hydrogens (tertiary/aromatic N) is 2. The van der Waals surface area contributed by atoms with Gasteiger partial charge in [0.2, 0.25) is 0 Å². The van der Waals surface area contributed by atoms with Gasteiger partial charge in [0.15, 0.2) is 0 Å². The predicted molar refractivity (Wildman–Crippen MR) is 116 cm³/mol. The summed E-state index contributed by atoms with van der Waals surface area (Å²) in [5.41, 5.74) is 5.67. The fourth-order valence-electron chi connectivity index (χ4n) is 3.26. The Bertz CT molecular complexity index is 931. The Balaban J connectivity index is 1.84. The Morgan fingerprint density at radius 1 is 1.00 bits per heavy atom. The molecule has 1 N–H and O–H groups in total. The van der Waals surface area contributed by atoms with Crippen LogP contribution in [0, 0.1) is 13.8 Å². The third kappa shape index (κ3) is 4.58. The zero-order valence-corrected chi connectivity index (χ0v) is 16.9. The van der Waals surface area contributed by atoms with Crippen LogP contribution in [0.1, 0.15) is 40.9 Å². The average molecular weight is 374 g/mol. The molecule has 1 heterocycles. The summed E-state index contributed by atoms with van der Waals surface area (Å²) < 4.78 is 0. The zero-order chi connectivity index (χ0) is 20.1. The largest absolute Gasteiger partial charge is 0.364 e. The summed E-state index contributed by atoms with van der Waals surface area (Å²) in [6.07, 6.45) is 3.44. The van der Waals surface area contributed by atoms with Crippen molar-refractivity contribution >= 4 is 17.3 Å². The molecule has 1 aromatic heterocycles. The normalized spacial score (nSPS) is 10.8. The van der Waals surface area contributed by atoms with Crippen molar-refractivity contribution < 1.29 is 4.79 Å². The Morgan fingerprint density at radius 2 is 1.68 bits per heavy atom. The first-order valence-corrected chi connectivity index (χ1v) is 9.59. The molecule has 0 fully saturated rings. The van der Waals surface area contributed by atoms with E-state index < -0.39 is 0 Å². The number of hydrogen-bond acceptors (Lipinski definition) is 3. The van der Waals surface area contributed by atoms with Crippen LogP contribution in [0.3, 0.4) is 0 Å². The third-order valence-electron chi connectivity index (χ3n) is 4.86. The quantitative estimate of drug-likeness (QED) is 0.632. The first kappa shape index (κ1) is 19.6. The van der Waals surface area contributed by atoms with Crippen molar-refractivity contribution in [3.8, 4) is 0 Å². The summed E-state index contributed by atoms with van der Waals surface area (Å²) in [4.78, 5) is 19.4. The molecule has 0 aliphatic carbocycles. The summed E-state index contributed by atoms with van der Waals surface area (Å²) in [7, 11) is 0. The van der Waals surface area contributed by atoms with Crippen molar-refractivity contribution in [2.45, 2.75) is 40.3 Å². The minimum Gasteiger partial charge on any atom is -0.364 e. The number of pyridine rings is 1. The molecular formula is C24H27N3O. The van der Waals surface area contributed by atoms with Crippen LogP contribution in [0.5, 0.6) is 0 Å². The summed E-state index contributed by atoms with van der Waals surface area (Å²) in [5.74, 6) is -0.143. The van der Waals surface area contributed by atoms with Crippen LogP contribution in [0.4, 0.5) is 11.4 Å². The lowest BCUT2D eigenvalue weighted by atomic mass is 10.1. The lowest BCUT2D eigenvalue weighted by Crippen LogP contribution is -2.30. The highest BCUT2D eigenvalue weighted by Crippen LogP contribution is 2.23. The fraction of sp³-hybridized carbons (Fsp3) is 0.250. The molecule has 0 aliphatic rings. The summed E-state index contributed by atoms with van der Waals surface area (Å²) in [5, 5.41) is 3.04. The lowest BCUT2D eigenvalue weighted by molar-refractivity contribution is 0.102. The maximum atomic E-state index is 12.9. The van der Waals surface area contributed by atoms with Gasteiger partial charge in [0.1, 0.15) is 0 Å². The van der Waals surface area contributed by atoms with Crippen molar-refractivity contribution in [2.75, 3.05) is 10.2 Å². The lowest BCUT2D eigenvalue weighted by Gasteiger charge is -2.29. The van der Waals surface area contributed by atoms with E-state index in [1.54, 1.807) is 6.20 Å². The molecule has 3 rings (SSSR count). The van der Waals surface area contributed by atoms with Crippen LogP contribution >= 0.6 is 0 Å². The topological polar surface area (TPSA) is 45.2 Å². The van der Waals surface area contributed by atoms with Crippen LogP contribution in [-0.2, 0) is 6.54 Å². The molecule has 2 aromatic carbocycles. The van der Waals surface area contributed by atoms with E-state index in [0.717, 1.165) is 29.0 Å². The number of carbonyl (C=O) groups excluding carboxylic acids is 1. The Kier molecular flexibility index (Phi) is 6.09. The number of para-hydroxylation sites is 1. The van der Waals surface area contributed by atoms with E-state index in [0.29, 0.717) is 5.56 Å². The molecule has 0 saturated carbocycles. The zero-order valence-electron chi connectivity index (χ0n) is 16.9. The molecule has 4 nitrogen and oxygen atoms in total. The van der Waals surface area contributed by atoms with E-state index >= 15 is 0 Å². The number of amides is 1. The molecule has 144 valence electrons. The van der Waals surface area contributed by atoms with Crippen LogP contribution in [-0.4, -0.2) is 16.9 Å². The van der Waals surface area contributed by atoms with Crippen molar-refractivity contribution in [1.29, 1.82) is 0 Å². The van der Waals surface area contributed by atoms with Crippen LogP contribution in [0.15, 0.2) is 67.0 Å². The maximum absolute atomic E-state index is 12.9. The van der Waals surface area contributed by atoms with E-state index in [2.05, 4.69) is 41.2 Å². The van der Waals surface area contributed by atoms with Gasteiger partial charge in [-0.2, -0.15) is 0 Å². The molecule has 0 unspecified atom stereocenters. The number of nitrogens with one attached hydrogen (secondary N) is 1. The molecule has 28 heavy (non-hydrogen) atoms. The highest BCUT2D eigenvalue weighted by atomic mass is 16.1. The van der Waals surface area contributed by atoms with E-state index in [-0.39, 0.29) is 11.9 Å². The second-order valence-corrected chi connectivity index (χ2v) is 7.36. The van der Waals surface area contributed by atoms with E-state index in [1.807, 2.05) is 62.5 Å². The van der Waals surface area contributed by atoms with E-state index in [4.69, 9.17) is 0 Å². The Hall–Kier alpha value is -3.14. The molecule has 0 bridgehead atoms. The van der Waals surface area contributed by atoms with Gasteiger partial charge in [-0.15, -0.1) is 0 Å². The highest BCUT2D eigenvalue weighted by Gasteiger charge is 2.15. The molecule has 0 spiro atoms. The first-order valence-electron chi connectivity index (χ1n) is 9.59. The second kappa shape index (κ2) is 8.70. The van der Waals surface area contributed by atoms with Crippen molar-refractivity contribution in [3.63, 3.8) is 0 Å². The molecule has 1 amide bonds. The smallest absolute Gasteiger partial charge is 0.257 e. The number of carbonyl (C=O) groups is 1. The SMILES string of the molecule is Cc1cccc(C)c1NC(=O)c1cncc(N(Cc2ccccc2)C(C)C)c1. The van der Waals surface area contributed by atoms with Gasteiger partial charge >= 0.3 is 0 Å². The van der Waals surface area contributed by atoms with Gasteiger partial charge in [0.05, 0.1) is 17.4 Å². The number of aryl methyl sites for hydroxylation is 2. The standard InChI is InChI=1S/C24H27N3O/c1-17(2)27(16-20-11-6-5-7-12-20)22-13-21(14-25-15-22)24(28)26-23-18(3)9-8-10-19(23)4/h5-15,17H,16H2,1-4H3,(H,26,28). The second-order valence-electron chi connectivity index (χ2n) is 7.36. The van der Waals surface area contributed by atoms with Gasteiger partial charge in [-0.25, -0.2) is 0 Å². The first-order chi connectivity index (χ1) is 13.5. The predicted octanol–water partition coefficient (Wildman–Crippen LogP) is 5.37.